The van der Waals surface area contributed by atoms with Crippen LogP contribution in [0, 0.1) is 22.8 Å². The van der Waals surface area contributed by atoms with Crippen molar-refractivity contribution in [2.75, 3.05) is 0 Å². The summed E-state index contributed by atoms with van der Waals surface area (Å²) in [5.74, 6) is 2.52. The van der Waals surface area contributed by atoms with Crippen molar-refractivity contribution >= 4 is 27.7 Å². The van der Waals surface area contributed by atoms with E-state index in [1.165, 1.54) is 28.2 Å². The maximum absolute atomic E-state index is 12.2. The number of nitrogens with zero attached hydrogens (tertiary/aromatic N) is 2. The van der Waals surface area contributed by atoms with Gasteiger partial charge in [0.15, 0.2) is 5.78 Å². The van der Waals surface area contributed by atoms with Crippen molar-refractivity contribution < 1.29 is 34.4 Å². The van der Waals surface area contributed by atoms with E-state index in [1.807, 2.05) is 65.9 Å². The number of allylic oxidation sites excluding steroid dienone is 2. The van der Waals surface area contributed by atoms with Crippen LogP contribution < -0.4 is 0 Å². The molecule has 0 fully saturated rings. The zero-order valence-corrected chi connectivity index (χ0v) is 33.9. The zero-order valence-electron chi connectivity index (χ0n) is 31.5. The third-order valence-electron chi connectivity index (χ3n) is 11.2. The van der Waals surface area contributed by atoms with E-state index in [2.05, 4.69) is 70.2 Å². The molecule has 2 heterocycles. The molecule has 0 bridgehead atoms. The first-order chi connectivity index (χ1) is 23.2. The maximum Gasteiger partial charge on any atom is 0.164 e. The van der Waals surface area contributed by atoms with Crippen LogP contribution in [0.1, 0.15) is 112 Å². The van der Waals surface area contributed by atoms with Crippen LogP contribution in [0.5, 0.6) is 0 Å². The summed E-state index contributed by atoms with van der Waals surface area (Å²) in [5, 5.41) is 12.4. The van der Waals surface area contributed by atoms with Gasteiger partial charge in [0.05, 0.1) is 17.1 Å². The Bertz CT molecular complexity index is 2010. The number of aromatic nitrogens is 2. The van der Waals surface area contributed by atoms with Crippen LogP contribution in [-0.2, 0) is 36.7 Å². The van der Waals surface area contributed by atoms with Gasteiger partial charge in [-0.25, -0.2) is 0 Å². The topological polar surface area (TPSA) is 76.2 Å². The number of aliphatic hydroxyl groups is 1. The Balaban J connectivity index is 0.000000269. The summed E-state index contributed by atoms with van der Waals surface area (Å²) in [6.45, 7) is 21.1. The van der Waals surface area contributed by atoms with Crippen LogP contribution in [0.15, 0.2) is 77.0 Å². The van der Waals surface area contributed by atoms with E-state index in [-0.39, 0.29) is 47.9 Å². The van der Waals surface area contributed by atoms with Crippen molar-refractivity contribution in [2.45, 2.75) is 107 Å². The third-order valence-corrected chi connectivity index (χ3v) is 11.2. The van der Waals surface area contributed by atoms with Gasteiger partial charge in [-0.2, -0.15) is 0 Å². The van der Waals surface area contributed by atoms with Gasteiger partial charge in [-0.3, -0.25) is 14.8 Å². The second kappa shape index (κ2) is 15.3. The Labute approximate surface area is 312 Å². The molecule has 0 amide bonds. The summed E-state index contributed by atoms with van der Waals surface area (Å²) in [4.78, 5) is 21.9. The number of fused-ring (bicyclic) bond motifs is 6. The van der Waals surface area contributed by atoms with Gasteiger partial charge < -0.3 is 9.52 Å². The molecule has 267 valence electrons. The second-order valence-electron chi connectivity index (χ2n) is 15.2. The molecular formula is C44H53IrN2O3-. The molecule has 3 aromatic carbocycles. The second-order valence-corrected chi connectivity index (χ2v) is 15.2. The summed E-state index contributed by atoms with van der Waals surface area (Å²) in [6.07, 6.45) is 7.75. The van der Waals surface area contributed by atoms with Crippen LogP contribution >= 0.6 is 0 Å². The maximum atomic E-state index is 12.2. The first-order valence-corrected chi connectivity index (χ1v) is 18.0. The van der Waals surface area contributed by atoms with E-state index in [4.69, 9.17) is 14.4 Å². The van der Waals surface area contributed by atoms with Crippen LogP contribution in [-0.4, -0.2) is 20.9 Å². The molecular weight excluding hydrogens is 797 g/mol. The van der Waals surface area contributed by atoms with Crippen LogP contribution in [0.25, 0.3) is 44.6 Å². The predicted molar refractivity (Wildman–Crippen MR) is 203 cm³/mol. The number of rotatable bonds is 10. The Morgan fingerprint density at radius 3 is 2.28 bits per heavy atom. The normalized spacial score (nSPS) is 13.9. The molecule has 0 aliphatic heterocycles. The molecule has 1 aliphatic rings. The molecule has 1 radical (unpaired) electrons. The predicted octanol–water partition coefficient (Wildman–Crippen LogP) is 12.0. The molecule has 6 rings (SSSR count). The molecule has 0 spiro atoms. The molecule has 0 atom stereocenters. The molecule has 0 saturated carbocycles. The van der Waals surface area contributed by atoms with Gasteiger partial charge in [0.1, 0.15) is 11.3 Å². The van der Waals surface area contributed by atoms with Gasteiger partial charge in [-0.1, -0.05) is 105 Å². The Hall–Kier alpha value is -3.60. The quantitative estimate of drug-likeness (QED) is 0.0860. The first-order valence-electron chi connectivity index (χ1n) is 18.0. The van der Waals surface area contributed by atoms with Crippen molar-refractivity contribution in [1.82, 2.24) is 9.97 Å². The van der Waals surface area contributed by atoms with Crippen molar-refractivity contribution in [3.8, 4) is 22.7 Å². The van der Waals surface area contributed by atoms with E-state index in [0.29, 0.717) is 11.7 Å². The number of hydrogen-bond acceptors (Lipinski definition) is 5. The van der Waals surface area contributed by atoms with Crippen LogP contribution in [0.3, 0.4) is 0 Å². The smallest absolute Gasteiger partial charge is 0.164 e. The molecule has 5 aromatic rings. The van der Waals surface area contributed by atoms with E-state index in [0.717, 1.165) is 65.5 Å². The summed E-state index contributed by atoms with van der Waals surface area (Å²) >= 11 is 0. The van der Waals surface area contributed by atoms with E-state index in [9.17, 15) is 9.90 Å². The fourth-order valence-corrected chi connectivity index (χ4v) is 6.89. The van der Waals surface area contributed by atoms with Gasteiger partial charge in [-0.15, -0.1) is 23.8 Å². The summed E-state index contributed by atoms with van der Waals surface area (Å²) in [6, 6.07) is 22.3. The molecule has 0 unspecified atom stereocenters. The molecule has 50 heavy (non-hydrogen) atoms. The molecule has 0 saturated heterocycles. The fraction of sp³-hybridized carbons (Fsp3) is 0.432. The number of carbonyl (C=O) groups excluding carboxylic acids is 1. The van der Waals surface area contributed by atoms with Crippen LogP contribution in [0.2, 0.25) is 0 Å². The third kappa shape index (κ3) is 7.25. The summed E-state index contributed by atoms with van der Waals surface area (Å²) in [5.41, 5.74) is 6.88. The van der Waals surface area contributed by atoms with Crippen molar-refractivity contribution in [3.05, 3.63) is 95.4 Å². The number of para-hydroxylation sites is 1. The number of carbonyl (C=O) groups is 1. The molecule has 2 aromatic heterocycles. The number of benzene rings is 3. The molecule has 5 nitrogen and oxygen atoms in total. The van der Waals surface area contributed by atoms with Gasteiger partial charge in [-0.05, 0) is 61.8 Å². The van der Waals surface area contributed by atoms with Gasteiger partial charge in [0, 0.05) is 65.0 Å². The number of furan rings is 1. The molecule has 6 heteroatoms. The van der Waals surface area contributed by atoms with Gasteiger partial charge in [0.2, 0.25) is 0 Å². The minimum atomic E-state index is -0.337. The van der Waals surface area contributed by atoms with E-state index >= 15 is 0 Å². The first kappa shape index (κ1) is 39.2. The Kier molecular flexibility index (Phi) is 12.0. The SMILES string of the molecule is CC(C)Cc1ccc2nc(-c3[c-]ccc4c3-c3oc5ccccc5c3C4(C)C)ncc2c1.CCC(C)(CC)C(=O)/C=C(\O)C(C)(CC)CC.[Ir]. The molecule has 1 aliphatic carbocycles. The van der Waals surface area contributed by atoms with Crippen LogP contribution in [0.4, 0.5) is 0 Å². The Morgan fingerprint density at radius 1 is 0.980 bits per heavy atom. The zero-order chi connectivity index (χ0) is 35.7. The summed E-state index contributed by atoms with van der Waals surface area (Å²) < 4.78 is 6.40. The average Bonchev–Trinajstić information content (AvgIpc) is 3.60. The van der Waals surface area contributed by atoms with Crippen molar-refractivity contribution in [3.63, 3.8) is 0 Å². The van der Waals surface area contributed by atoms with Gasteiger partial charge >= 0.3 is 0 Å². The van der Waals surface area contributed by atoms with Crippen molar-refractivity contribution in [1.29, 1.82) is 0 Å². The van der Waals surface area contributed by atoms with E-state index in [1.54, 1.807) is 0 Å². The number of hydrogen-bond donors (Lipinski definition) is 1. The average molecular weight is 850 g/mol. The molecule has 1 N–H and O–H groups in total. The largest absolute Gasteiger partial charge is 0.512 e. The number of ketones is 1. The van der Waals surface area contributed by atoms with Crippen molar-refractivity contribution in [2.24, 2.45) is 16.7 Å². The van der Waals surface area contributed by atoms with Gasteiger partial charge in [0.25, 0.3) is 0 Å². The minimum absolute atomic E-state index is 0. The monoisotopic (exact) mass is 850 g/mol. The van der Waals surface area contributed by atoms with E-state index < -0.39 is 0 Å². The Morgan fingerprint density at radius 2 is 1.64 bits per heavy atom. The fourth-order valence-electron chi connectivity index (χ4n) is 6.89. The number of aliphatic hydroxyl groups excluding tert-OH is 1. The minimum Gasteiger partial charge on any atom is -0.512 e. The standard InChI is InChI=1S/C29H25N2O.C15H28O2.Ir/c1-17(2)14-18-12-13-23-19(15-18)16-30-28(31-23)21-9-7-10-22-25(21)27-26(29(22,3)4)20-8-5-6-11-24(20)32-27;1-7-14(5,8-2)12(16)11-13(17)15(6,9-3)10-4;/h5-8,10-13,15-17H,14H2,1-4H3;11,16H,7-10H2,1-6H3;/q-1;;/b;12-11-;. The summed E-state index contributed by atoms with van der Waals surface area (Å²) in [7, 11) is 0.